The Kier molecular flexibility index (Phi) is 8.99. The van der Waals surface area contributed by atoms with E-state index in [0.29, 0.717) is 35.3 Å². The molecule has 2 aromatic carbocycles. The van der Waals surface area contributed by atoms with E-state index in [1.807, 2.05) is 56.3 Å². The molecule has 0 aliphatic rings. The van der Waals surface area contributed by atoms with Crippen molar-refractivity contribution in [2.45, 2.75) is 52.0 Å². The minimum atomic E-state index is -0.306. The number of carbonyl (C=O) groups is 1. The Bertz CT molecular complexity index is 1150. The van der Waals surface area contributed by atoms with E-state index < -0.39 is 0 Å². The van der Waals surface area contributed by atoms with Crippen molar-refractivity contribution in [2.75, 3.05) is 27.2 Å². The van der Waals surface area contributed by atoms with Gasteiger partial charge in [-0.15, -0.1) is 0 Å². The van der Waals surface area contributed by atoms with Crippen molar-refractivity contribution in [1.82, 2.24) is 19.4 Å². The van der Waals surface area contributed by atoms with Crippen LogP contribution in [-0.4, -0.2) is 52.4 Å². The highest BCUT2D eigenvalue weighted by atomic mass is 16.2. The molecule has 6 nitrogen and oxygen atoms in total. The van der Waals surface area contributed by atoms with Crippen LogP contribution in [0.1, 0.15) is 67.3 Å². The molecule has 3 aromatic rings. The molecule has 1 atom stereocenters. The summed E-state index contributed by atoms with van der Waals surface area (Å²) < 4.78 is 1.60. The third-order valence-corrected chi connectivity index (χ3v) is 6.40. The Morgan fingerprint density at radius 1 is 1.00 bits per heavy atom. The fourth-order valence-corrected chi connectivity index (χ4v) is 4.34. The van der Waals surface area contributed by atoms with Gasteiger partial charge in [-0.3, -0.25) is 14.2 Å². The molecular formula is C28H38N4O2. The highest BCUT2D eigenvalue weighted by Crippen LogP contribution is 2.25. The van der Waals surface area contributed by atoms with Crippen LogP contribution in [0.25, 0.3) is 10.9 Å². The van der Waals surface area contributed by atoms with Crippen LogP contribution in [0.2, 0.25) is 0 Å². The molecule has 0 radical (unpaired) electrons. The van der Waals surface area contributed by atoms with Crippen LogP contribution in [0.15, 0.2) is 53.3 Å². The number of fused-ring (bicyclic) bond motifs is 1. The number of aromatic nitrogens is 2. The van der Waals surface area contributed by atoms with Gasteiger partial charge in [0.05, 0.1) is 16.9 Å². The molecule has 1 unspecified atom stereocenters. The molecule has 0 N–H and O–H groups in total. The topological polar surface area (TPSA) is 58.4 Å². The van der Waals surface area contributed by atoms with E-state index in [9.17, 15) is 9.59 Å². The minimum Gasteiger partial charge on any atom is -0.327 e. The van der Waals surface area contributed by atoms with Gasteiger partial charge in [0.2, 0.25) is 0 Å². The number of unbranched alkanes of at least 4 members (excludes halogenated alkanes) is 2. The summed E-state index contributed by atoms with van der Waals surface area (Å²) in [6, 6.07) is 15.1. The van der Waals surface area contributed by atoms with Crippen molar-refractivity contribution < 1.29 is 4.79 Å². The second-order valence-electron chi connectivity index (χ2n) is 9.23. The normalized spacial score (nSPS) is 12.3. The molecule has 1 amide bonds. The van der Waals surface area contributed by atoms with Crippen molar-refractivity contribution in [3.8, 4) is 0 Å². The van der Waals surface area contributed by atoms with Crippen molar-refractivity contribution in [2.24, 2.45) is 7.05 Å². The first-order valence-electron chi connectivity index (χ1n) is 12.4. The Balaban J connectivity index is 1.97. The monoisotopic (exact) mass is 462 g/mol. The van der Waals surface area contributed by atoms with Crippen molar-refractivity contribution in [3.63, 3.8) is 0 Å². The maximum absolute atomic E-state index is 13.8. The molecule has 0 bridgehead atoms. The van der Waals surface area contributed by atoms with Gasteiger partial charge in [-0.25, -0.2) is 4.98 Å². The van der Waals surface area contributed by atoms with E-state index >= 15 is 0 Å². The zero-order valence-corrected chi connectivity index (χ0v) is 21.3. The summed E-state index contributed by atoms with van der Waals surface area (Å²) in [7, 11) is 5.75. The van der Waals surface area contributed by atoms with Crippen LogP contribution in [0, 0.1) is 0 Å². The molecule has 6 heteroatoms. The lowest BCUT2D eigenvalue weighted by Gasteiger charge is -2.33. The first-order valence-corrected chi connectivity index (χ1v) is 12.4. The molecule has 0 spiro atoms. The lowest BCUT2D eigenvalue weighted by molar-refractivity contribution is 0.0643. The van der Waals surface area contributed by atoms with Gasteiger partial charge in [0, 0.05) is 25.7 Å². The van der Waals surface area contributed by atoms with E-state index in [0.717, 1.165) is 13.0 Å². The number of para-hydroxylation sites is 1. The van der Waals surface area contributed by atoms with Crippen LogP contribution < -0.4 is 5.56 Å². The summed E-state index contributed by atoms with van der Waals surface area (Å²) in [6.45, 7) is 5.51. The average Bonchev–Trinajstić information content (AvgIpc) is 2.84. The molecule has 1 aromatic heterocycles. The van der Waals surface area contributed by atoms with Crippen LogP contribution in [-0.2, 0) is 13.5 Å². The fraction of sp³-hybridized carbons (Fsp3) is 0.464. The maximum atomic E-state index is 13.8. The molecule has 0 aliphatic carbocycles. The molecule has 182 valence electrons. The fourth-order valence-electron chi connectivity index (χ4n) is 4.34. The Labute approximate surface area is 203 Å². The third-order valence-electron chi connectivity index (χ3n) is 6.40. The first kappa shape index (κ1) is 25.6. The molecule has 0 saturated carbocycles. The summed E-state index contributed by atoms with van der Waals surface area (Å²) in [4.78, 5) is 35.6. The molecule has 0 aliphatic heterocycles. The zero-order valence-electron chi connectivity index (χ0n) is 21.3. The summed E-state index contributed by atoms with van der Waals surface area (Å²) >= 11 is 0. The summed E-state index contributed by atoms with van der Waals surface area (Å²) in [5.74, 6) is 0.589. The van der Waals surface area contributed by atoms with Crippen molar-refractivity contribution in [1.29, 1.82) is 0 Å². The highest BCUT2D eigenvalue weighted by molar-refractivity contribution is 5.94. The number of hydrogen-bond donors (Lipinski definition) is 0. The maximum Gasteiger partial charge on any atom is 0.261 e. The Hall–Kier alpha value is -2.99. The van der Waals surface area contributed by atoms with Crippen molar-refractivity contribution in [3.05, 3.63) is 75.8 Å². The van der Waals surface area contributed by atoms with E-state index in [-0.39, 0.29) is 17.5 Å². The van der Waals surface area contributed by atoms with Crippen LogP contribution in [0.5, 0.6) is 0 Å². The second-order valence-corrected chi connectivity index (χ2v) is 9.23. The van der Waals surface area contributed by atoms with E-state index in [4.69, 9.17) is 4.98 Å². The van der Waals surface area contributed by atoms with Gasteiger partial charge in [0.25, 0.3) is 11.5 Å². The van der Waals surface area contributed by atoms with Crippen LogP contribution in [0.4, 0.5) is 0 Å². The van der Waals surface area contributed by atoms with E-state index in [2.05, 4.69) is 24.0 Å². The van der Waals surface area contributed by atoms with Gasteiger partial charge < -0.3 is 9.80 Å². The number of amides is 1. The lowest BCUT2D eigenvalue weighted by Crippen LogP contribution is -2.41. The third kappa shape index (κ3) is 5.92. The summed E-state index contributed by atoms with van der Waals surface area (Å²) in [5, 5.41) is 0.591. The molecular weight excluding hydrogens is 424 g/mol. The van der Waals surface area contributed by atoms with E-state index in [1.54, 1.807) is 17.7 Å². The molecule has 34 heavy (non-hydrogen) atoms. The lowest BCUT2D eigenvalue weighted by atomic mass is 10.0. The summed E-state index contributed by atoms with van der Waals surface area (Å²) in [6.07, 6.45) is 5.27. The standard InChI is InChI=1S/C28H38N4O2/c1-6-8-9-12-21-15-17-22(18-16-21)27(33)32(20-19-30(3)4)25(7-2)26-29-24-14-11-10-13-23(24)28(34)31(26)5/h10-11,13-18,25H,6-9,12,19-20H2,1-5H3. The highest BCUT2D eigenvalue weighted by Gasteiger charge is 2.28. The number of likely N-dealkylation sites (N-methyl/N-ethyl adjacent to an activating group) is 1. The van der Waals surface area contributed by atoms with Crippen molar-refractivity contribution >= 4 is 16.8 Å². The summed E-state index contributed by atoms with van der Waals surface area (Å²) in [5.41, 5.74) is 2.50. The molecule has 3 rings (SSSR count). The van der Waals surface area contributed by atoms with E-state index in [1.165, 1.54) is 24.8 Å². The van der Waals surface area contributed by atoms with Gasteiger partial charge in [-0.1, -0.05) is 51.0 Å². The largest absolute Gasteiger partial charge is 0.327 e. The minimum absolute atomic E-state index is 0.0313. The Morgan fingerprint density at radius 3 is 2.35 bits per heavy atom. The number of hydrogen-bond acceptors (Lipinski definition) is 4. The number of benzene rings is 2. The number of carbonyl (C=O) groups excluding carboxylic acids is 1. The predicted molar refractivity (Wildman–Crippen MR) is 139 cm³/mol. The van der Waals surface area contributed by atoms with Gasteiger partial charge in [-0.05, 0) is 63.2 Å². The first-order chi connectivity index (χ1) is 16.4. The second kappa shape index (κ2) is 11.9. The van der Waals surface area contributed by atoms with Gasteiger partial charge in [0.1, 0.15) is 5.82 Å². The number of nitrogens with zero attached hydrogens (tertiary/aromatic N) is 4. The smallest absolute Gasteiger partial charge is 0.261 e. The SMILES string of the molecule is CCCCCc1ccc(C(=O)N(CCN(C)C)C(CC)c2nc3ccccc3c(=O)n2C)cc1. The average molecular weight is 463 g/mol. The molecule has 0 saturated heterocycles. The van der Waals surface area contributed by atoms with Crippen LogP contribution in [0.3, 0.4) is 0 Å². The number of aryl methyl sites for hydroxylation is 1. The zero-order chi connectivity index (χ0) is 24.7. The molecule has 0 fully saturated rings. The van der Waals surface area contributed by atoms with Gasteiger partial charge in [-0.2, -0.15) is 0 Å². The van der Waals surface area contributed by atoms with Gasteiger partial charge in [0.15, 0.2) is 0 Å². The Morgan fingerprint density at radius 2 is 1.71 bits per heavy atom. The number of rotatable bonds is 11. The predicted octanol–water partition coefficient (Wildman–Crippen LogP) is 4.82. The quantitative estimate of drug-likeness (QED) is 0.383. The molecule has 1 heterocycles. The van der Waals surface area contributed by atoms with Gasteiger partial charge >= 0.3 is 0 Å². The van der Waals surface area contributed by atoms with Crippen LogP contribution >= 0.6 is 0 Å².